The molecule has 6 heteroatoms. The number of rotatable bonds is 7. The molecule has 1 aromatic rings. The molecule has 2 N–H and O–H groups in total. The Morgan fingerprint density at radius 2 is 1.92 bits per heavy atom. The number of anilines is 1. The highest BCUT2D eigenvalue weighted by Gasteiger charge is 2.35. The van der Waals surface area contributed by atoms with E-state index in [4.69, 9.17) is 4.74 Å². The average Bonchev–Trinajstić information content (AvgIpc) is 3.07. The molecule has 0 atom stereocenters. The van der Waals surface area contributed by atoms with Gasteiger partial charge in [0.05, 0.1) is 24.8 Å². The minimum Gasteiger partial charge on any atom is -0.462 e. The summed E-state index contributed by atoms with van der Waals surface area (Å²) in [6.07, 6.45) is 4.14. The minimum atomic E-state index is -0.703. The number of carbonyl (C=O) groups excluding carboxylic acids is 2. The first-order valence-electron chi connectivity index (χ1n) is 8.32. The van der Waals surface area contributed by atoms with E-state index in [0.717, 1.165) is 24.9 Å². The highest BCUT2D eigenvalue weighted by atomic mass is 16.5. The maximum absolute atomic E-state index is 12.0. The predicted molar refractivity (Wildman–Crippen MR) is 90.5 cm³/mol. The van der Waals surface area contributed by atoms with E-state index in [1.807, 2.05) is 6.92 Å². The van der Waals surface area contributed by atoms with Gasteiger partial charge in [-0.3, -0.25) is 4.79 Å². The lowest BCUT2D eigenvalue weighted by Crippen LogP contribution is -2.47. The molecular weight excluding hydrogens is 306 g/mol. The van der Waals surface area contributed by atoms with Crippen LogP contribution < -0.4 is 10.6 Å². The summed E-state index contributed by atoms with van der Waals surface area (Å²) >= 11 is 0. The number of nitriles is 1. The first kappa shape index (κ1) is 17.8. The Bertz CT molecular complexity index is 613. The Hall–Kier alpha value is -2.55. The van der Waals surface area contributed by atoms with Gasteiger partial charge in [0.25, 0.3) is 0 Å². The van der Waals surface area contributed by atoms with Crippen LogP contribution >= 0.6 is 0 Å². The molecule has 128 valence electrons. The van der Waals surface area contributed by atoms with Gasteiger partial charge >= 0.3 is 5.97 Å². The molecule has 1 fully saturated rings. The number of amides is 1. The summed E-state index contributed by atoms with van der Waals surface area (Å²) in [5.41, 5.74) is 0.508. The van der Waals surface area contributed by atoms with Crippen molar-refractivity contribution in [2.45, 2.75) is 44.6 Å². The number of hydrogen-bond donors (Lipinski definition) is 2. The van der Waals surface area contributed by atoms with E-state index < -0.39 is 5.54 Å². The molecule has 0 bridgehead atoms. The maximum atomic E-state index is 12.0. The molecule has 0 unspecified atom stereocenters. The molecule has 1 amide bonds. The van der Waals surface area contributed by atoms with Crippen molar-refractivity contribution in [2.75, 3.05) is 18.5 Å². The molecule has 1 aliphatic carbocycles. The topological polar surface area (TPSA) is 91.2 Å². The first-order chi connectivity index (χ1) is 11.6. The smallest absolute Gasteiger partial charge is 0.338 e. The number of hydrogen-bond acceptors (Lipinski definition) is 5. The second kappa shape index (κ2) is 8.34. The van der Waals surface area contributed by atoms with Crippen LogP contribution in [0.2, 0.25) is 0 Å². The second-order valence-electron chi connectivity index (χ2n) is 6.02. The van der Waals surface area contributed by atoms with E-state index in [0.29, 0.717) is 25.0 Å². The lowest BCUT2D eigenvalue weighted by Gasteiger charge is -2.22. The molecular formula is C18H23N3O3. The Morgan fingerprint density at radius 3 is 2.50 bits per heavy atom. The number of ether oxygens (including phenoxy) is 1. The van der Waals surface area contributed by atoms with Gasteiger partial charge in [-0.2, -0.15) is 5.26 Å². The standard InChI is InChI=1S/C18H23N3O3/c1-2-11-24-17(23)14-5-7-15(8-6-14)20-12-16(22)21-18(13-19)9-3-4-10-18/h5-8,20H,2-4,9-12H2,1H3,(H,21,22). The fraction of sp³-hybridized carbons (Fsp3) is 0.500. The van der Waals surface area contributed by atoms with Crippen LogP contribution in [0, 0.1) is 11.3 Å². The van der Waals surface area contributed by atoms with Crippen molar-refractivity contribution in [2.24, 2.45) is 0 Å². The summed E-state index contributed by atoms with van der Waals surface area (Å²) in [5.74, 6) is -0.553. The highest BCUT2D eigenvalue weighted by molar-refractivity contribution is 5.90. The van der Waals surface area contributed by atoms with Crippen molar-refractivity contribution in [1.29, 1.82) is 5.26 Å². The van der Waals surface area contributed by atoms with Gasteiger partial charge in [0.1, 0.15) is 5.54 Å². The van der Waals surface area contributed by atoms with Gasteiger partial charge in [-0.1, -0.05) is 6.92 Å². The molecule has 0 saturated heterocycles. The van der Waals surface area contributed by atoms with Crippen molar-refractivity contribution in [3.8, 4) is 6.07 Å². The van der Waals surface area contributed by atoms with Crippen LogP contribution in [0.3, 0.4) is 0 Å². The van der Waals surface area contributed by atoms with Gasteiger partial charge in [-0.05, 0) is 56.4 Å². The van der Waals surface area contributed by atoms with Crippen LogP contribution in [-0.2, 0) is 9.53 Å². The van der Waals surface area contributed by atoms with E-state index in [1.165, 1.54) is 0 Å². The van der Waals surface area contributed by atoms with Crippen molar-refractivity contribution >= 4 is 17.6 Å². The SMILES string of the molecule is CCCOC(=O)c1ccc(NCC(=O)NC2(C#N)CCCC2)cc1. The van der Waals surface area contributed by atoms with Crippen molar-refractivity contribution < 1.29 is 14.3 Å². The Morgan fingerprint density at radius 1 is 1.25 bits per heavy atom. The summed E-state index contributed by atoms with van der Waals surface area (Å²) in [6.45, 7) is 2.43. The second-order valence-corrected chi connectivity index (χ2v) is 6.02. The molecule has 1 saturated carbocycles. The van der Waals surface area contributed by atoms with Crippen LogP contribution in [0.25, 0.3) is 0 Å². The molecule has 1 aliphatic rings. The fourth-order valence-corrected chi connectivity index (χ4v) is 2.74. The summed E-state index contributed by atoms with van der Waals surface area (Å²) in [5, 5.41) is 15.1. The number of nitrogens with one attached hydrogen (secondary N) is 2. The average molecular weight is 329 g/mol. The fourth-order valence-electron chi connectivity index (χ4n) is 2.74. The van der Waals surface area contributed by atoms with Gasteiger partial charge < -0.3 is 15.4 Å². The number of benzene rings is 1. The molecule has 0 spiro atoms. The van der Waals surface area contributed by atoms with Crippen LogP contribution in [0.4, 0.5) is 5.69 Å². The zero-order valence-electron chi connectivity index (χ0n) is 13.9. The van der Waals surface area contributed by atoms with E-state index in [2.05, 4.69) is 16.7 Å². The normalized spacial score (nSPS) is 15.3. The summed E-state index contributed by atoms with van der Waals surface area (Å²) in [6, 6.07) is 9.00. The maximum Gasteiger partial charge on any atom is 0.338 e. The number of nitrogens with zero attached hydrogens (tertiary/aromatic N) is 1. The molecule has 2 rings (SSSR count). The van der Waals surface area contributed by atoms with Gasteiger partial charge in [0.15, 0.2) is 0 Å². The molecule has 0 heterocycles. The van der Waals surface area contributed by atoms with E-state index in [1.54, 1.807) is 24.3 Å². The quantitative estimate of drug-likeness (QED) is 0.750. The molecule has 6 nitrogen and oxygen atoms in total. The van der Waals surface area contributed by atoms with E-state index in [9.17, 15) is 14.9 Å². The highest BCUT2D eigenvalue weighted by Crippen LogP contribution is 2.28. The van der Waals surface area contributed by atoms with Crippen molar-refractivity contribution in [3.05, 3.63) is 29.8 Å². The Balaban J connectivity index is 1.82. The zero-order valence-corrected chi connectivity index (χ0v) is 13.9. The van der Waals surface area contributed by atoms with Gasteiger partial charge in [-0.25, -0.2) is 4.79 Å². The van der Waals surface area contributed by atoms with Crippen molar-refractivity contribution in [3.63, 3.8) is 0 Å². The van der Waals surface area contributed by atoms with Crippen LogP contribution in [0.5, 0.6) is 0 Å². The molecule has 0 aromatic heterocycles. The van der Waals surface area contributed by atoms with Gasteiger partial charge in [0, 0.05) is 5.69 Å². The largest absolute Gasteiger partial charge is 0.462 e. The lowest BCUT2D eigenvalue weighted by molar-refractivity contribution is -0.120. The molecule has 24 heavy (non-hydrogen) atoms. The minimum absolute atomic E-state index is 0.0864. The van der Waals surface area contributed by atoms with E-state index >= 15 is 0 Å². The monoisotopic (exact) mass is 329 g/mol. The first-order valence-corrected chi connectivity index (χ1v) is 8.32. The van der Waals surface area contributed by atoms with E-state index in [-0.39, 0.29) is 18.4 Å². The van der Waals surface area contributed by atoms with Crippen LogP contribution in [0.1, 0.15) is 49.4 Å². The number of carbonyl (C=O) groups is 2. The number of esters is 1. The van der Waals surface area contributed by atoms with Gasteiger partial charge in [0.2, 0.25) is 5.91 Å². The van der Waals surface area contributed by atoms with Crippen LogP contribution in [-0.4, -0.2) is 30.6 Å². The third kappa shape index (κ3) is 4.72. The summed E-state index contributed by atoms with van der Waals surface area (Å²) in [7, 11) is 0. The zero-order chi connectivity index (χ0) is 17.4. The molecule has 0 aliphatic heterocycles. The molecule has 1 aromatic carbocycles. The third-order valence-corrected chi connectivity index (χ3v) is 4.06. The van der Waals surface area contributed by atoms with Gasteiger partial charge in [-0.15, -0.1) is 0 Å². The third-order valence-electron chi connectivity index (χ3n) is 4.06. The molecule has 0 radical (unpaired) electrons. The Labute approximate surface area is 142 Å². The van der Waals surface area contributed by atoms with Crippen molar-refractivity contribution in [1.82, 2.24) is 5.32 Å². The predicted octanol–water partition coefficient (Wildman–Crippen LogP) is 2.62. The van der Waals surface area contributed by atoms with Crippen LogP contribution in [0.15, 0.2) is 24.3 Å². The summed E-state index contributed by atoms with van der Waals surface area (Å²) in [4.78, 5) is 23.7. The Kier molecular flexibility index (Phi) is 6.19. The summed E-state index contributed by atoms with van der Waals surface area (Å²) < 4.78 is 5.06. The lowest BCUT2D eigenvalue weighted by atomic mass is 10.00.